The predicted molar refractivity (Wildman–Crippen MR) is 101 cm³/mol. The van der Waals surface area contributed by atoms with Crippen molar-refractivity contribution in [2.75, 3.05) is 0 Å². The average Bonchev–Trinajstić information content (AvgIpc) is 3.16. The zero-order valence-electron chi connectivity index (χ0n) is 14.6. The van der Waals surface area contributed by atoms with Crippen molar-refractivity contribution in [3.05, 3.63) is 68.2 Å². The fraction of sp³-hybridized carbons (Fsp3) is 0.211. The predicted octanol–water partition coefficient (Wildman–Crippen LogP) is 3.36. The number of aromatic nitrogens is 2. The van der Waals surface area contributed by atoms with Crippen LogP contribution in [-0.2, 0) is 6.54 Å². The second-order valence-corrected chi connectivity index (χ2v) is 7.31. The molecule has 1 aromatic carbocycles. The number of hydrogen-bond acceptors (Lipinski definition) is 5. The van der Waals surface area contributed by atoms with Crippen LogP contribution >= 0.6 is 11.3 Å². The molecule has 0 aliphatic carbocycles. The van der Waals surface area contributed by atoms with Gasteiger partial charge >= 0.3 is 0 Å². The number of nitrogens with zero attached hydrogens (tertiary/aromatic N) is 2. The maximum Gasteiger partial charge on any atom is 0.262 e. The molecule has 0 unspecified atom stereocenters. The minimum Gasteiger partial charge on any atom is -0.465 e. The van der Waals surface area contributed by atoms with Crippen molar-refractivity contribution in [1.29, 1.82) is 0 Å². The molecule has 0 bridgehead atoms. The van der Waals surface area contributed by atoms with E-state index in [4.69, 9.17) is 4.42 Å². The first kappa shape index (κ1) is 16.5. The fourth-order valence-electron chi connectivity index (χ4n) is 2.84. The smallest absolute Gasteiger partial charge is 0.262 e. The number of fused-ring (bicyclic) bond motifs is 3. The van der Waals surface area contributed by atoms with Gasteiger partial charge in [-0.05, 0) is 56.2 Å². The lowest BCUT2D eigenvalue weighted by molar-refractivity contribution is 0.0951. The number of amides is 1. The van der Waals surface area contributed by atoms with Gasteiger partial charge in [-0.2, -0.15) is 0 Å². The highest BCUT2D eigenvalue weighted by Crippen LogP contribution is 2.22. The lowest BCUT2D eigenvalue weighted by atomic mass is 10.1. The largest absolute Gasteiger partial charge is 0.465 e. The summed E-state index contributed by atoms with van der Waals surface area (Å²) >= 11 is 1.20. The van der Waals surface area contributed by atoms with E-state index in [2.05, 4.69) is 10.3 Å². The SMILES string of the molecule is Cc1ccc(CNC(=O)c2cc(=O)n3c(nc4cc(C)c(C)cc43)s2)o1. The summed E-state index contributed by atoms with van der Waals surface area (Å²) in [4.78, 5) is 30.4. The van der Waals surface area contributed by atoms with E-state index in [1.54, 1.807) is 4.40 Å². The van der Waals surface area contributed by atoms with Gasteiger partial charge in [0.15, 0.2) is 4.96 Å². The van der Waals surface area contributed by atoms with Gasteiger partial charge in [0.05, 0.1) is 17.6 Å². The van der Waals surface area contributed by atoms with Crippen molar-refractivity contribution in [2.24, 2.45) is 0 Å². The van der Waals surface area contributed by atoms with Crippen LogP contribution in [0.5, 0.6) is 0 Å². The molecule has 0 radical (unpaired) electrons. The van der Waals surface area contributed by atoms with Gasteiger partial charge in [0.1, 0.15) is 16.4 Å². The van der Waals surface area contributed by atoms with Crippen molar-refractivity contribution < 1.29 is 9.21 Å². The third-order valence-corrected chi connectivity index (χ3v) is 5.34. The number of imidazole rings is 1. The number of carbonyl (C=O) groups is 1. The number of rotatable bonds is 3. The summed E-state index contributed by atoms with van der Waals surface area (Å²) in [5.41, 5.74) is 3.47. The maximum atomic E-state index is 12.6. The Hall–Kier alpha value is -2.93. The van der Waals surface area contributed by atoms with E-state index in [-0.39, 0.29) is 18.0 Å². The normalized spacial score (nSPS) is 11.3. The minimum absolute atomic E-state index is 0.261. The van der Waals surface area contributed by atoms with Crippen molar-refractivity contribution in [1.82, 2.24) is 14.7 Å². The molecule has 1 amide bonds. The first-order valence-corrected chi connectivity index (χ1v) is 9.01. The fourth-order valence-corrected chi connectivity index (χ4v) is 3.79. The summed E-state index contributed by atoms with van der Waals surface area (Å²) in [6.07, 6.45) is 0. The average molecular weight is 367 g/mol. The van der Waals surface area contributed by atoms with Crippen LogP contribution in [0, 0.1) is 20.8 Å². The molecule has 4 rings (SSSR count). The summed E-state index contributed by atoms with van der Waals surface area (Å²) < 4.78 is 6.99. The number of nitrogens with one attached hydrogen (secondary N) is 1. The third kappa shape index (κ3) is 2.80. The van der Waals surface area contributed by atoms with Gasteiger partial charge < -0.3 is 9.73 Å². The van der Waals surface area contributed by atoms with Crippen LogP contribution in [-0.4, -0.2) is 15.3 Å². The minimum atomic E-state index is -0.317. The Morgan fingerprint density at radius 2 is 1.96 bits per heavy atom. The van der Waals surface area contributed by atoms with Crippen LogP contribution < -0.4 is 10.9 Å². The summed E-state index contributed by atoms with van der Waals surface area (Å²) in [7, 11) is 0. The summed E-state index contributed by atoms with van der Waals surface area (Å²) in [5.74, 6) is 1.14. The molecule has 0 aliphatic heterocycles. The Morgan fingerprint density at radius 1 is 1.19 bits per heavy atom. The van der Waals surface area contributed by atoms with E-state index in [1.165, 1.54) is 17.4 Å². The van der Waals surface area contributed by atoms with Crippen LogP contribution in [0.2, 0.25) is 0 Å². The first-order chi connectivity index (χ1) is 12.4. The molecule has 1 N–H and O–H groups in total. The Labute approximate surface area is 153 Å². The van der Waals surface area contributed by atoms with Gasteiger partial charge in [-0.25, -0.2) is 4.98 Å². The monoisotopic (exact) mass is 367 g/mol. The highest BCUT2D eigenvalue weighted by molar-refractivity contribution is 7.18. The van der Waals surface area contributed by atoms with Gasteiger partial charge in [-0.15, -0.1) is 0 Å². The van der Waals surface area contributed by atoms with E-state index >= 15 is 0 Å². The van der Waals surface area contributed by atoms with Crippen LogP contribution in [0.15, 0.2) is 39.5 Å². The van der Waals surface area contributed by atoms with E-state index in [9.17, 15) is 9.59 Å². The maximum absolute atomic E-state index is 12.6. The number of hydrogen-bond donors (Lipinski definition) is 1. The molecular weight excluding hydrogens is 350 g/mol. The zero-order chi connectivity index (χ0) is 18.4. The van der Waals surface area contributed by atoms with E-state index in [0.717, 1.165) is 27.9 Å². The molecule has 7 heteroatoms. The van der Waals surface area contributed by atoms with E-state index in [1.807, 2.05) is 45.0 Å². The molecule has 3 heterocycles. The Balaban J connectivity index is 1.71. The van der Waals surface area contributed by atoms with Gasteiger partial charge in [-0.3, -0.25) is 14.0 Å². The van der Waals surface area contributed by atoms with Crippen LogP contribution in [0.4, 0.5) is 0 Å². The van der Waals surface area contributed by atoms with Gasteiger partial charge in [0.2, 0.25) is 0 Å². The lowest BCUT2D eigenvalue weighted by Crippen LogP contribution is -2.24. The molecule has 4 aromatic rings. The molecule has 0 spiro atoms. The second kappa shape index (κ2) is 6.10. The molecule has 3 aromatic heterocycles. The summed E-state index contributed by atoms with van der Waals surface area (Å²) in [5, 5.41) is 2.77. The highest BCUT2D eigenvalue weighted by Gasteiger charge is 2.15. The van der Waals surface area contributed by atoms with Crippen LogP contribution in [0.3, 0.4) is 0 Å². The molecular formula is C19H17N3O3S. The molecule has 132 valence electrons. The quantitative estimate of drug-likeness (QED) is 0.602. The third-order valence-electron chi connectivity index (χ3n) is 4.36. The van der Waals surface area contributed by atoms with Crippen LogP contribution in [0.25, 0.3) is 16.0 Å². The standard InChI is InChI=1S/C19H17N3O3S/c1-10-6-14-15(7-11(10)2)22-17(23)8-16(26-19(22)21-14)18(24)20-9-13-5-4-12(3)25-13/h4-8H,9H2,1-3H3,(H,20,24). The Kier molecular flexibility index (Phi) is 3.88. The molecule has 0 saturated heterocycles. The molecule has 0 aliphatic rings. The van der Waals surface area contributed by atoms with Gasteiger partial charge in [-0.1, -0.05) is 11.3 Å². The van der Waals surface area contributed by atoms with Crippen molar-refractivity contribution in [2.45, 2.75) is 27.3 Å². The molecule has 0 atom stereocenters. The van der Waals surface area contributed by atoms with E-state index in [0.29, 0.717) is 15.6 Å². The number of carbonyl (C=O) groups excluding carboxylic acids is 1. The summed E-state index contributed by atoms with van der Waals surface area (Å²) in [6, 6.07) is 8.93. The molecule has 26 heavy (non-hydrogen) atoms. The molecule has 0 fully saturated rings. The van der Waals surface area contributed by atoms with Gasteiger partial charge in [0.25, 0.3) is 11.5 Å². The lowest BCUT2D eigenvalue weighted by Gasteiger charge is -2.03. The number of aryl methyl sites for hydroxylation is 3. The van der Waals surface area contributed by atoms with Crippen molar-refractivity contribution >= 4 is 33.2 Å². The molecule has 0 saturated carbocycles. The highest BCUT2D eigenvalue weighted by atomic mass is 32.1. The number of benzene rings is 1. The Bertz CT molecular complexity index is 1220. The second-order valence-electron chi connectivity index (χ2n) is 6.30. The summed E-state index contributed by atoms with van der Waals surface area (Å²) in [6.45, 7) is 6.13. The topological polar surface area (TPSA) is 76.6 Å². The first-order valence-electron chi connectivity index (χ1n) is 8.19. The van der Waals surface area contributed by atoms with Crippen LogP contribution in [0.1, 0.15) is 32.3 Å². The van der Waals surface area contributed by atoms with E-state index < -0.39 is 0 Å². The Morgan fingerprint density at radius 3 is 2.69 bits per heavy atom. The number of furan rings is 1. The van der Waals surface area contributed by atoms with Crippen molar-refractivity contribution in [3.8, 4) is 0 Å². The zero-order valence-corrected chi connectivity index (χ0v) is 15.4. The van der Waals surface area contributed by atoms with Gasteiger partial charge in [0, 0.05) is 6.07 Å². The van der Waals surface area contributed by atoms with Crippen molar-refractivity contribution in [3.63, 3.8) is 0 Å². The molecule has 6 nitrogen and oxygen atoms in total.